The molecule has 0 rings (SSSR count). The van der Waals surface area contributed by atoms with Crippen molar-refractivity contribution >= 4 is 39.5 Å². The van der Waals surface area contributed by atoms with Crippen LogP contribution in [0, 0.1) is 5.92 Å². The van der Waals surface area contributed by atoms with Crippen LogP contribution in [0.4, 0.5) is 0 Å². The SMILES string of the molecule is CCCCCCCCCCCCCCCCCCCCCCC(=O)O[C@H](COC(=O)CCCCCCCCCCC(C)C)COP(=O)(O)OC[C@@H](O)COP(=O)(O)OC[C@@H](COC(=O)CCCCCCCCCC)OC(=O)CCCCCCCCCCCCC. The highest BCUT2D eigenvalue weighted by Gasteiger charge is 2.30. The largest absolute Gasteiger partial charge is 0.472 e. The van der Waals surface area contributed by atoms with Crippen LogP contribution in [0.5, 0.6) is 0 Å². The fourth-order valence-electron chi connectivity index (χ4n) is 10.8. The van der Waals surface area contributed by atoms with Gasteiger partial charge in [0.25, 0.3) is 0 Å². The van der Waals surface area contributed by atoms with Crippen molar-refractivity contribution < 1.29 is 80.2 Å². The fraction of sp³-hybridized carbons (Fsp3) is 0.944. The predicted molar refractivity (Wildman–Crippen MR) is 363 cm³/mol. The van der Waals surface area contributed by atoms with Crippen molar-refractivity contribution in [2.45, 2.75) is 387 Å². The molecule has 3 N–H and O–H groups in total. The van der Waals surface area contributed by atoms with Gasteiger partial charge in [-0.25, -0.2) is 9.13 Å². The molecule has 0 saturated carbocycles. The van der Waals surface area contributed by atoms with Crippen LogP contribution in [-0.4, -0.2) is 96.7 Å². The van der Waals surface area contributed by atoms with Gasteiger partial charge in [-0.3, -0.25) is 37.3 Å². The lowest BCUT2D eigenvalue weighted by Crippen LogP contribution is -2.30. The maximum atomic E-state index is 13.0. The molecule has 0 aliphatic carbocycles. The van der Waals surface area contributed by atoms with Crippen LogP contribution in [0.3, 0.4) is 0 Å². The van der Waals surface area contributed by atoms with Crippen LogP contribution in [0.2, 0.25) is 0 Å². The second kappa shape index (κ2) is 64.4. The number of hydrogen-bond donors (Lipinski definition) is 3. The maximum absolute atomic E-state index is 13.0. The first-order valence-electron chi connectivity index (χ1n) is 37.1. The Morgan fingerprint density at radius 1 is 0.300 bits per heavy atom. The van der Waals surface area contributed by atoms with Crippen molar-refractivity contribution in [3.63, 3.8) is 0 Å². The Kier molecular flexibility index (Phi) is 63.0. The van der Waals surface area contributed by atoms with Gasteiger partial charge >= 0.3 is 39.5 Å². The number of aliphatic hydroxyl groups is 1. The lowest BCUT2D eigenvalue weighted by molar-refractivity contribution is -0.161. The Hall–Kier alpha value is -1.94. The van der Waals surface area contributed by atoms with E-state index in [1.807, 2.05) is 0 Å². The zero-order valence-corrected chi connectivity index (χ0v) is 60.1. The minimum Gasteiger partial charge on any atom is -0.462 e. The summed E-state index contributed by atoms with van der Waals surface area (Å²) in [5.74, 6) is -1.40. The molecule has 17 nitrogen and oxygen atoms in total. The van der Waals surface area contributed by atoms with Crippen LogP contribution in [-0.2, 0) is 65.4 Å². The van der Waals surface area contributed by atoms with E-state index in [1.165, 1.54) is 186 Å². The summed E-state index contributed by atoms with van der Waals surface area (Å²) in [6.07, 6.45) is 51.5. The van der Waals surface area contributed by atoms with Crippen molar-refractivity contribution in [3.8, 4) is 0 Å². The van der Waals surface area contributed by atoms with E-state index in [2.05, 4.69) is 34.6 Å². The van der Waals surface area contributed by atoms with Gasteiger partial charge in [0, 0.05) is 25.7 Å². The molecule has 0 saturated heterocycles. The standard InChI is InChI=1S/C71H138O17P2/c1-6-9-12-15-18-21-23-24-25-26-27-28-29-30-31-33-35-42-47-52-57-71(76)88-67(61-82-69(74)55-50-45-40-37-36-38-43-48-53-64(4)5)63-86-90(79,80)84-59-65(72)58-83-89(77,78)85-62-66(60-81-68(73)54-49-44-39-20-17-14-11-8-3)87-70(75)56-51-46-41-34-32-22-19-16-13-10-7-2/h64-67,72H,6-63H2,1-5H3,(H,77,78)(H,79,80)/t65-,66+,67+/m0/s1. The Bertz CT molecular complexity index is 1740. The molecule has 0 aliphatic rings. The monoisotopic (exact) mass is 1320 g/mol. The minimum absolute atomic E-state index is 0.107. The Morgan fingerprint density at radius 3 is 0.756 bits per heavy atom. The zero-order valence-electron chi connectivity index (χ0n) is 58.3. The van der Waals surface area contributed by atoms with E-state index in [0.717, 1.165) is 102 Å². The summed E-state index contributed by atoms with van der Waals surface area (Å²) in [4.78, 5) is 72.4. The molecule has 0 spiro atoms. The van der Waals surface area contributed by atoms with E-state index in [-0.39, 0.29) is 25.7 Å². The summed E-state index contributed by atoms with van der Waals surface area (Å²) in [5, 5.41) is 10.6. The van der Waals surface area contributed by atoms with Gasteiger partial charge in [0.2, 0.25) is 0 Å². The third-order valence-electron chi connectivity index (χ3n) is 16.5. The molecular formula is C71H138O17P2. The van der Waals surface area contributed by atoms with Crippen molar-refractivity contribution in [2.75, 3.05) is 39.6 Å². The van der Waals surface area contributed by atoms with Crippen LogP contribution in [0.25, 0.3) is 0 Å². The van der Waals surface area contributed by atoms with Gasteiger partial charge in [0.1, 0.15) is 19.3 Å². The van der Waals surface area contributed by atoms with E-state index in [1.54, 1.807) is 0 Å². The van der Waals surface area contributed by atoms with Crippen LogP contribution in [0.15, 0.2) is 0 Å². The van der Waals surface area contributed by atoms with Gasteiger partial charge < -0.3 is 33.8 Å². The first kappa shape index (κ1) is 88.1. The van der Waals surface area contributed by atoms with Gasteiger partial charge in [-0.2, -0.15) is 0 Å². The van der Waals surface area contributed by atoms with Crippen molar-refractivity contribution in [1.82, 2.24) is 0 Å². The Balaban J connectivity index is 5.16. The Labute approximate surface area is 549 Å². The lowest BCUT2D eigenvalue weighted by Gasteiger charge is -2.21. The molecule has 0 amide bonds. The van der Waals surface area contributed by atoms with Crippen molar-refractivity contribution in [3.05, 3.63) is 0 Å². The number of rotatable bonds is 71. The first-order valence-corrected chi connectivity index (χ1v) is 40.1. The molecule has 0 aromatic heterocycles. The summed E-state index contributed by atoms with van der Waals surface area (Å²) >= 11 is 0. The fourth-order valence-corrected chi connectivity index (χ4v) is 12.4. The van der Waals surface area contributed by atoms with E-state index in [4.69, 9.17) is 37.0 Å². The number of phosphoric ester groups is 2. The molecule has 2 unspecified atom stereocenters. The van der Waals surface area contributed by atoms with E-state index in [0.29, 0.717) is 25.7 Å². The second-order valence-electron chi connectivity index (χ2n) is 26.1. The molecule has 90 heavy (non-hydrogen) atoms. The molecular weight excluding hydrogens is 1190 g/mol. The normalized spacial score (nSPS) is 14.1. The molecule has 0 radical (unpaired) electrons. The molecule has 534 valence electrons. The summed E-state index contributed by atoms with van der Waals surface area (Å²) in [6, 6.07) is 0. The van der Waals surface area contributed by atoms with Gasteiger partial charge in [0.05, 0.1) is 26.4 Å². The molecule has 5 atom stereocenters. The number of hydrogen-bond acceptors (Lipinski definition) is 15. The van der Waals surface area contributed by atoms with E-state index in [9.17, 15) is 43.2 Å². The molecule has 0 bridgehead atoms. The highest BCUT2D eigenvalue weighted by Crippen LogP contribution is 2.45. The van der Waals surface area contributed by atoms with Gasteiger partial charge in [-0.1, -0.05) is 317 Å². The highest BCUT2D eigenvalue weighted by atomic mass is 31.2. The van der Waals surface area contributed by atoms with Gasteiger partial charge in [-0.15, -0.1) is 0 Å². The third-order valence-corrected chi connectivity index (χ3v) is 18.4. The maximum Gasteiger partial charge on any atom is 0.472 e. The molecule has 0 aromatic rings. The summed E-state index contributed by atoms with van der Waals surface area (Å²) in [7, 11) is -9.89. The summed E-state index contributed by atoms with van der Waals surface area (Å²) in [5.41, 5.74) is 0. The van der Waals surface area contributed by atoms with Gasteiger partial charge in [0.15, 0.2) is 12.2 Å². The second-order valence-corrected chi connectivity index (χ2v) is 29.0. The topological polar surface area (TPSA) is 237 Å². The van der Waals surface area contributed by atoms with Crippen LogP contribution < -0.4 is 0 Å². The average molecular weight is 1330 g/mol. The number of carbonyl (C=O) groups excluding carboxylic acids is 4. The van der Waals surface area contributed by atoms with Crippen molar-refractivity contribution in [1.29, 1.82) is 0 Å². The van der Waals surface area contributed by atoms with Crippen LogP contribution in [0.1, 0.15) is 369 Å². The average Bonchev–Trinajstić information content (AvgIpc) is 3.31. The number of phosphoric acid groups is 2. The number of esters is 4. The number of ether oxygens (including phenoxy) is 4. The predicted octanol–water partition coefficient (Wildman–Crippen LogP) is 20.5. The molecule has 0 fully saturated rings. The summed E-state index contributed by atoms with van der Waals surface area (Å²) in [6.45, 7) is 7.19. The minimum atomic E-state index is -4.95. The quantitative estimate of drug-likeness (QED) is 0.0222. The zero-order chi connectivity index (χ0) is 66.3. The van der Waals surface area contributed by atoms with Crippen molar-refractivity contribution in [2.24, 2.45) is 5.92 Å². The number of aliphatic hydroxyl groups excluding tert-OH is 1. The molecule has 19 heteroatoms. The third kappa shape index (κ3) is 64.8. The highest BCUT2D eigenvalue weighted by molar-refractivity contribution is 7.47. The smallest absolute Gasteiger partial charge is 0.462 e. The molecule has 0 aliphatic heterocycles. The summed E-state index contributed by atoms with van der Waals surface area (Å²) < 4.78 is 68.2. The van der Waals surface area contributed by atoms with Crippen LogP contribution >= 0.6 is 15.6 Å². The van der Waals surface area contributed by atoms with E-state index >= 15 is 0 Å². The Morgan fingerprint density at radius 2 is 0.511 bits per heavy atom. The number of carbonyl (C=O) groups is 4. The van der Waals surface area contributed by atoms with Gasteiger partial charge in [-0.05, 0) is 31.6 Å². The van der Waals surface area contributed by atoms with E-state index < -0.39 is 97.5 Å². The molecule has 0 aromatic carbocycles. The first-order chi connectivity index (χ1) is 43.5. The molecule has 0 heterocycles. The lowest BCUT2D eigenvalue weighted by atomic mass is 10.0. The number of unbranched alkanes of at least 4 members (excludes halogenated alkanes) is 43.